The van der Waals surface area contributed by atoms with Gasteiger partial charge in [-0.25, -0.2) is 4.79 Å². The zero-order valence-electron chi connectivity index (χ0n) is 12.8. The lowest BCUT2D eigenvalue weighted by atomic mass is 10.1. The van der Waals surface area contributed by atoms with Gasteiger partial charge in [-0.1, -0.05) is 30.3 Å². The summed E-state index contributed by atoms with van der Waals surface area (Å²) in [6, 6.07) is 7.70. The molecular formula is C15H19N2O7+. The number of carbonyl (C=O) groups excluding carboxylic acids is 3. The minimum Gasteiger partial charge on any atom is -0.565 e. The predicted octanol–water partition coefficient (Wildman–Crippen LogP) is -0.486. The number of amides is 2. The third kappa shape index (κ3) is 7.78. The van der Waals surface area contributed by atoms with Crippen LogP contribution in [0.1, 0.15) is 18.4 Å². The molecule has 0 saturated carbocycles. The number of alkyl carbamates (subject to hydrolysis) is 1. The van der Waals surface area contributed by atoms with Crippen LogP contribution in [0.25, 0.3) is 0 Å². The molecule has 0 bridgehead atoms. The van der Waals surface area contributed by atoms with E-state index in [0.717, 1.165) is 5.56 Å². The Labute approximate surface area is 137 Å². The molecule has 0 unspecified atom stereocenters. The highest BCUT2D eigenvalue weighted by Crippen LogP contribution is 2.03. The molecule has 0 fully saturated rings. The summed E-state index contributed by atoms with van der Waals surface area (Å²) in [6.45, 7) is -0.627. The van der Waals surface area contributed by atoms with E-state index in [1.54, 1.807) is 24.3 Å². The van der Waals surface area contributed by atoms with E-state index in [2.05, 4.69) is 10.6 Å². The van der Waals surface area contributed by atoms with Crippen molar-refractivity contribution in [1.29, 1.82) is 0 Å². The van der Waals surface area contributed by atoms with E-state index >= 15 is 0 Å². The SMILES string of the molecule is O=C(O)CNC(=O)[C@H](CCC(=O)[OH2+])NC(=O)OCc1ccccc1. The quantitative estimate of drug-likeness (QED) is 0.518. The van der Waals surface area contributed by atoms with E-state index in [1.165, 1.54) is 0 Å². The normalized spacial score (nSPS) is 11.2. The molecule has 0 aliphatic heterocycles. The van der Waals surface area contributed by atoms with Gasteiger partial charge in [-0.3, -0.25) is 9.59 Å². The Morgan fingerprint density at radius 1 is 1.17 bits per heavy atom. The van der Waals surface area contributed by atoms with Gasteiger partial charge in [0, 0.05) is 4.79 Å². The number of benzene rings is 1. The number of ether oxygens (including phenoxy) is 1. The van der Waals surface area contributed by atoms with Crippen molar-refractivity contribution in [3.8, 4) is 0 Å². The van der Waals surface area contributed by atoms with Crippen LogP contribution >= 0.6 is 0 Å². The van der Waals surface area contributed by atoms with Crippen LogP contribution in [-0.2, 0) is 25.7 Å². The Bertz CT molecular complexity index is 589. The molecular weight excluding hydrogens is 320 g/mol. The second-order valence-electron chi connectivity index (χ2n) is 4.83. The van der Waals surface area contributed by atoms with Crippen molar-refractivity contribution in [3.05, 3.63) is 35.9 Å². The van der Waals surface area contributed by atoms with Crippen molar-refractivity contribution in [3.63, 3.8) is 0 Å². The first-order valence-electron chi connectivity index (χ1n) is 7.09. The lowest BCUT2D eigenvalue weighted by molar-refractivity contribution is -0.139. The largest absolute Gasteiger partial charge is 0.565 e. The number of carboxylic acids is 1. The molecule has 1 rings (SSSR count). The van der Waals surface area contributed by atoms with E-state index in [0.29, 0.717) is 0 Å². The van der Waals surface area contributed by atoms with Gasteiger partial charge in [0.25, 0.3) is 0 Å². The van der Waals surface area contributed by atoms with E-state index in [1.807, 2.05) is 6.07 Å². The van der Waals surface area contributed by atoms with E-state index < -0.39 is 36.5 Å². The lowest BCUT2D eigenvalue weighted by Crippen LogP contribution is -2.48. The molecule has 0 saturated heterocycles. The van der Waals surface area contributed by atoms with Gasteiger partial charge in [-0.2, -0.15) is 0 Å². The molecule has 1 aromatic carbocycles. The summed E-state index contributed by atoms with van der Waals surface area (Å²) in [5.74, 6) is -2.91. The van der Waals surface area contributed by atoms with Crippen molar-refractivity contribution in [2.24, 2.45) is 0 Å². The second kappa shape index (κ2) is 9.82. The van der Waals surface area contributed by atoms with Crippen molar-refractivity contribution >= 4 is 23.9 Å². The maximum absolute atomic E-state index is 11.9. The van der Waals surface area contributed by atoms with Gasteiger partial charge in [0.1, 0.15) is 25.6 Å². The molecule has 1 aromatic rings. The number of hydrogen-bond donors (Lipinski definition) is 3. The third-order valence-electron chi connectivity index (χ3n) is 2.90. The van der Waals surface area contributed by atoms with E-state index in [4.69, 9.17) is 14.9 Å². The van der Waals surface area contributed by atoms with Gasteiger partial charge >= 0.3 is 18.0 Å². The average Bonchev–Trinajstić information content (AvgIpc) is 2.55. The number of hydrogen-bond acceptors (Lipinski definition) is 5. The monoisotopic (exact) mass is 339 g/mol. The highest BCUT2D eigenvalue weighted by molar-refractivity contribution is 5.88. The molecule has 0 aliphatic rings. The van der Waals surface area contributed by atoms with Crippen LogP contribution < -0.4 is 10.6 Å². The van der Waals surface area contributed by atoms with Crippen LogP contribution in [0.15, 0.2) is 30.3 Å². The third-order valence-corrected chi connectivity index (χ3v) is 2.90. The summed E-state index contributed by atoms with van der Waals surface area (Å²) < 4.78 is 4.96. The number of carbonyl (C=O) groups is 4. The summed E-state index contributed by atoms with van der Waals surface area (Å²) in [4.78, 5) is 44.8. The standard InChI is InChI=1S/C15H18N2O7/c18-12(19)7-6-11(14(22)16-8-13(20)21)17-15(23)24-9-10-4-2-1-3-5-10/h1-5,11H,6-9H2,(H,16,22)(H,17,23)(H,18,19)(H,20,21)/p+1/t11-/m0/s1. The van der Waals surface area contributed by atoms with Gasteiger partial charge in [-0.05, 0) is 12.0 Å². The Morgan fingerprint density at radius 3 is 2.42 bits per heavy atom. The summed E-state index contributed by atoms with van der Waals surface area (Å²) in [7, 11) is 0. The average molecular weight is 339 g/mol. The summed E-state index contributed by atoms with van der Waals surface area (Å²) >= 11 is 0. The molecule has 0 aliphatic carbocycles. The van der Waals surface area contributed by atoms with Crippen LogP contribution in [0, 0.1) is 0 Å². The zero-order valence-corrected chi connectivity index (χ0v) is 12.8. The molecule has 2 amide bonds. The van der Waals surface area contributed by atoms with Gasteiger partial charge in [0.2, 0.25) is 5.91 Å². The number of rotatable bonds is 9. The number of nitrogens with one attached hydrogen (secondary N) is 2. The number of aliphatic carboxylic acids is 1. The summed E-state index contributed by atoms with van der Waals surface area (Å²) in [6.07, 6.45) is -1.27. The first-order valence-corrected chi connectivity index (χ1v) is 7.09. The minimum atomic E-state index is -1.25. The molecule has 0 aromatic heterocycles. The van der Waals surface area contributed by atoms with Gasteiger partial charge in [0.15, 0.2) is 0 Å². The molecule has 0 radical (unpaired) electrons. The Hall–Kier alpha value is -3.10. The maximum atomic E-state index is 11.9. The molecule has 130 valence electrons. The smallest absolute Gasteiger partial charge is 0.516 e. The van der Waals surface area contributed by atoms with Crippen molar-refractivity contribution in [2.45, 2.75) is 25.5 Å². The summed E-state index contributed by atoms with van der Waals surface area (Å²) in [5, 5.41) is 19.8. The fourth-order valence-corrected chi connectivity index (χ4v) is 1.74. The summed E-state index contributed by atoms with van der Waals surface area (Å²) in [5.41, 5.74) is 0.751. The fraction of sp³-hybridized carbons (Fsp3) is 0.333. The van der Waals surface area contributed by atoms with Gasteiger partial charge in [0.05, 0.1) is 0 Å². The van der Waals surface area contributed by atoms with Crippen LogP contribution in [0.4, 0.5) is 4.79 Å². The minimum absolute atomic E-state index is 0.00644. The molecule has 5 N–H and O–H groups in total. The highest BCUT2D eigenvalue weighted by Gasteiger charge is 2.24. The van der Waals surface area contributed by atoms with Crippen molar-refractivity contribution in [1.82, 2.24) is 10.6 Å². The van der Waals surface area contributed by atoms with E-state index in [9.17, 15) is 19.2 Å². The fourth-order valence-electron chi connectivity index (χ4n) is 1.74. The molecule has 0 spiro atoms. The van der Waals surface area contributed by atoms with Crippen molar-refractivity contribution in [2.75, 3.05) is 6.54 Å². The molecule has 24 heavy (non-hydrogen) atoms. The van der Waals surface area contributed by atoms with Crippen LogP contribution in [0.5, 0.6) is 0 Å². The van der Waals surface area contributed by atoms with Gasteiger partial charge < -0.3 is 25.6 Å². The molecule has 1 atom stereocenters. The zero-order chi connectivity index (χ0) is 17.9. The highest BCUT2D eigenvalue weighted by atomic mass is 16.5. The van der Waals surface area contributed by atoms with Crippen molar-refractivity contribution < 1.29 is 34.1 Å². The Balaban J connectivity index is 2.55. The lowest BCUT2D eigenvalue weighted by Gasteiger charge is -2.16. The van der Waals surface area contributed by atoms with Crippen LogP contribution in [0.3, 0.4) is 0 Å². The Kier molecular flexibility index (Phi) is 7.76. The number of carboxylic acid groups (broad SMARTS) is 1. The Morgan fingerprint density at radius 2 is 1.83 bits per heavy atom. The maximum Gasteiger partial charge on any atom is 0.516 e. The van der Waals surface area contributed by atoms with Crippen LogP contribution in [-0.4, -0.2) is 46.7 Å². The van der Waals surface area contributed by atoms with E-state index in [-0.39, 0.29) is 19.4 Å². The molecule has 0 heterocycles. The predicted molar refractivity (Wildman–Crippen MR) is 82.1 cm³/mol. The van der Waals surface area contributed by atoms with Gasteiger partial charge in [-0.15, -0.1) is 0 Å². The van der Waals surface area contributed by atoms with Crippen LogP contribution in [0.2, 0.25) is 0 Å². The first-order chi connectivity index (χ1) is 11.4. The molecule has 9 heteroatoms. The molecule has 9 nitrogen and oxygen atoms in total. The second-order valence-corrected chi connectivity index (χ2v) is 4.83. The topological polar surface area (TPSA) is 145 Å². The first kappa shape index (κ1) is 18.9.